The Hall–Kier alpha value is -2.68. The van der Waals surface area contributed by atoms with Gasteiger partial charge >= 0.3 is 5.97 Å². The van der Waals surface area contributed by atoms with Gasteiger partial charge in [-0.2, -0.15) is 0 Å². The lowest BCUT2D eigenvalue weighted by Crippen LogP contribution is -2.46. The van der Waals surface area contributed by atoms with E-state index in [2.05, 4.69) is 4.98 Å². The number of carbonyl (C=O) groups excluding carboxylic acids is 2. The highest BCUT2D eigenvalue weighted by Gasteiger charge is 2.29. The molecule has 2 amide bonds. The summed E-state index contributed by atoms with van der Waals surface area (Å²) in [6.07, 6.45) is 4.23. The Morgan fingerprint density at radius 3 is 2.96 bits per heavy atom. The first-order valence-corrected chi connectivity index (χ1v) is 9.03. The van der Waals surface area contributed by atoms with Crippen LogP contribution in [0.25, 0.3) is 10.8 Å². The molecule has 0 radical (unpaired) electrons. The summed E-state index contributed by atoms with van der Waals surface area (Å²) >= 11 is 1.20. The SMILES string of the molecule is CN(CC(=O)N1CCCC(C(=O)O)C1)C(=O)c1cnc(-c2ccco2)s1. The molecule has 0 aromatic carbocycles. The predicted octanol–water partition coefficient (Wildman–Crippen LogP) is 1.80. The first-order chi connectivity index (χ1) is 12.5. The van der Waals surface area contributed by atoms with Crippen molar-refractivity contribution in [1.82, 2.24) is 14.8 Å². The largest absolute Gasteiger partial charge is 0.481 e. The molecule has 0 saturated carbocycles. The zero-order chi connectivity index (χ0) is 18.7. The van der Waals surface area contributed by atoms with Crippen molar-refractivity contribution in [2.45, 2.75) is 12.8 Å². The summed E-state index contributed by atoms with van der Waals surface area (Å²) in [6, 6.07) is 3.50. The van der Waals surface area contributed by atoms with Gasteiger partial charge in [0.25, 0.3) is 5.91 Å². The summed E-state index contributed by atoms with van der Waals surface area (Å²) in [6.45, 7) is 0.617. The van der Waals surface area contributed by atoms with Gasteiger partial charge in [0.1, 0.15) is 4.88 Å². The van der Waals surface area contributed by atoms with E-state index in [0.717, 1.165) is 0 Å². The van der Waals surface area contributed by atoms with Crippen LogP contribution >= 0.6 is 11.3 Å². The Bertz CT molecular complexity index is 801. The molecule has 2 aromatic rings. The molecule has 1 aliphatic rings. The predicted molar refractivity (Wildman–Crippen MR) is 93.7 cm³/mol. The van der Waals surface area contributed by atoms with Crippen molar-refractivity contribution >= 4 is 29.1 Å². The number of amides is 2. The lowest BCUT2D eigenvalue weighted by Gasteiger charge is -2.31. The van der Waals surface area contributed by atoms with Crippen molar-refractivity contribution in [3.63, 3.8) is 0 Å². The first kappa shape index (κ1) is 18.1. The minimum Gasteiger partial charge on any atom is -0.481 e. The molecule has 0 aliphatic carbocycles. The van der Waals surface area contributed by atoms with Crippen LogP contribution in [0.1, 0.15) is 22.5 Å². The number of aliphatic carboxylic acids is 1. The monoisotopic (exact) mass is 377 g/mol. The van der Waals surface area contributed by atoms with Crippen LogP contribution in [0.3, 0.4) is 0 Å². The van der Waals surface area contributed by atoms with Crippen molar-refractivity contribution in [2.24, 2.45) is 5.92 Å². The summed E-state index contributed by atoms with van der Waals surface area (Å²) in [4.78, 5) is 43.5. The van der Waals surface area contributed by atoms with Crippen LogP contribution in [0, 0.1) is 5.92 Å². The average molecular weight is 377 g/mol. The number of thiazole rings is 1. The van der Waals surface area contributed by atoms with Gasteiger partial charge < -0.3 is 19.3 Å². The van der Waals surface area contributed by atoms with Crippen molar-refractivity contribution in [3.05, 3.63) is 29.5 Å². The molecule has 0 bridgehead atoms. The smallest absolute Gasteiger partial charge is 0.308 e. The van der Waals surface area contributed by atoms with Gasteiger partial charge in [0, 0.05) is 20.1 Å². The van der Waals surface area contributed by atoms with Gasteiger partial charge in [-0.1, -0.05) is 0 Å². The van der Waals surface area contributed by atoms with E-state index >= 15 is 0 Å². The summed E-state index contributed by atoms with van der Waals surface area (Å²) in [5.74, 6) is -1.39. The normalized spacial score (nSPS) is 17.1. The maximum absolute atomic E-state index is 12.5. The Balaban J connectivity index is 1.60. The van der Waals surface area contributed by atoms with E-state index in [0.29, 0.717) is 35.0 Å². The maximum atomic E-state index is 12.5. The third kappa shape index (κ3) is 3.93. The minimum absolute atomic E-state index is 0.0981. The molecule has 8 nitrogen and oxygen atoms in total. The standard InChI is InChI=1S/C17H19N3O5S/c1-19(10-14(21)20-6-2-4-11(9-20)17(23)24)16(22)13-8-18-15(26-13)12-5-3-7-25-12/h3,5,7-8,11H,2,4,6,9-10H2,1H3,(H,23,24). The van der Waals surface area contributed by atoms with Gasteiger partial charge in [-0.15, -0.1) is 11.3 Å². The summed E-state index contributed by atoms with van der Waals surface area (Å²) in [7, 11) is 1.55. The number of furan rings is 1. The average Bonchev–Trinajstić information content (AvgIpc) is 3.32. The lowest BCUT2D eigenvalue weighted by atomic mass is 9.98. The topological polar surface area (TPSA) is 104 Å². The molecule has 138 valence electrons. The molecule has 2 aromatic heterocycles. The van der Waals surface area contributed by atoms with Gasteiger partial charge in [0.2, 0.25) is 5.91 Å². The van der Waals surface area contributed by atoms with E-state index in [1.807, 2.05) is 0 Å². The van der Waals surface area contributed by atoms with Gasteiger partial charge in [0.05, 0.1) is 24.9 Å². The molecule has 3 heterocycles. The summed E-state index contributed by atoms with van der Waals surface area (Å²) in [5.41, 5.74) is 0. The van der Waals surface area contributed by atoms with E-state index in [1.165, 1.54) is 33.6 Å². The molecule has 9 heteroatoms. The van der Waals surface area contributed by atoms with E-state index < -0.39 is 11.9 Å². The van der Waals surface area contributed by atoms with Crippen LogP contribution in [0.4, 0.5) is 0 Å². The van der Waals surface area contributed by atoms with E-state index in [4.69, 9.17) is 9.52 Å². The fraction of sp³-hybridized carbons (Fsp3) is 0.412. The van der Waals surface area contributed by atoms with Gasteiger partial charge in [0.15, 0.2) is 10.8 Å². The van der Waals surface area contributed by atoms with E-state index in [9.17, 15) is 14.4 Å². The highest BCUT2D eigenvalue weighted by molar-refractivity contribution is 7.16. The van der Waals surface area contributed by atoms with Crippen LogP contribution < -0.4 is 0 Å². The zero-order valence-electron chi connectivity index (χ0n) is 14.3. The van der Waals surface area contributed by atoms with Gasteiger partial charge in [-0.05, 0) is 25.0 Å². The molecule has 1 unspecified atom stereocenters. The number of carboxylic acids is 1. The van der Waals surface area contributed by atoms with Crippen LogP contribution in [-0.2, 0) is 9.59 Å². The number of likely N-dealkylation sites (N-methyl/N-ethyl adjacent to an activating group) is 1. The second kappa shape index (κ2) is 7.69. The van der Waals surface area contributed by atoms with Crippen molar-refractivity contribution < 1.29 is 23.9 Å². The molecule has 0 spiro atoms. The molecule has 1 saturated heterocycles. The Kier molecular flexibility index (Phi) is 5.36. The van der Waals surface area contributed by atoms with E-state index in [-0.39, 0.29) is 24.9 Å². The molecule has 1 fully saturated rings. The number of carbonyl (C=O) groups is 3. The molecular formula is C17H19N3O5S. The molecular weight excluding hydrogens is 358 g/mol. The van der Waals surface area contributed by atoms with Crippen LogP contribution in [0.15, 0.2) is 29.0 Å². The minimum atomic E-state index is -0.887. The number of hydrogen-bond acceptors (Lipinski definition) is 6. The lowest BCUT2D eigenvalue weighted by molar-refractivity contribution is -0.145. The number of hydrogen-bond donors (Lipinski definition) is 1. The highest BCUT2D eigenvalue weighted by Crippen LogP contribution is 2.26. The summed E-state index contributed by atoms with van der Waals surface area (Å²) < 4.78 is 5.26. The van der Waals surface area contributed by atoms with Gasteiger partial charge in [-0.3, -0.25) is 14.4 Å². The molecule has 1 aliphatic heterocycles. The molecule has 1 N–H and O–H groups in total. The number of carboxylic acid groups (broad SMARTS) is 1. The number of piperidine rings is 1. The molecule has 1 atom stereocenters. The number of aromatic nitrogens is 1. The third-order valence-electron chi connectivity index (χ3n) is 4.29. The Morgan fingerprint density at radius 1 is 1.46 bits per heavy atom. The Morgan fingerprint density at radius 2 is 2.27 bits per heavy atom. The van der Waals surface area contributed by atoms with Crippen LogP contribution in [0.5, 0.6) is 0 Å². The fourth-order valence-electron chi connectivity index (χ4n) is 2.86. The third-order valence-corrected chi connectivity index (χ3v) is 5.29. The van der Waals surface area contributed by atoms with Crippen LogP contribution in [-0.4, -0.2) is 64.4 Å². The molecule has 3 rings (SSSR count). The highest BCUT2D eigenvalue weighted by atomic mass is 32.1. The van der Waals surface area contributed by atoms with Crippen molar-refractivity contribution in [1.29, 1.82) is 0 Å². The number of rotatable bonds is 5. The second-order valence-electron chi connectivity index (χ2n) is 6.19. The molecule has 26 heavy (non-hydrogen) atoms. The first-order valence-electron chi connectivity index (χ1n) is 8.21. The van der Waals surface area contributed by atoms with Crippen LogP contribution in [0.2, 0.25) is 0 Å². The Labute approximate surface area is 154 Å². The quantitative estimate of drug-likeness (QED) is 0.852. The van der Waals surface area contributed by atoms with E-state index in [1.54, 1.807) is 19.2 Å². The number of likely N-dealkylation sites (tertiary alicyclic amines) is 1. The second-order valence-corrected chi connectivity index (χ2v) is 7.22. The fourth-order valence-corrected chi connectivity index (χ4v) is 3.73. The maximum Gasteiger partial charge on any atom is 0.308 e. The van der Waals surface area contributed by atoms with Gasteiger partial charge in [-0.25, -0.2) is 4.98 Å². The van der Waals surface area contributed by atoms with Crippen molar-refractivity contribution in [3.8, 4) is 10.8 Å². The summed E-state index contributed by atoms with van der Waals surface area (Å²) in [5, 5.41) is 9.72. The zero-order valence-corrected chi connectivity index (χ0v) is 15.1. The van der Waals surface area contributed by atoms with Crippen molar-refractivity contribution in [2.75, 3.05) is 26.7 Å². The number of nitrogens with zero attached hydrogens (tertiary/aromatic N) is 3.